The Hall–Kier alpha value is -3.60. The molecule has 0 atom stereocenters. The second kappa shape index (κ2) is 7.11. The largest absolute Gasteiger partial charge is 0.489 e. The summed E-state index contributed by atoms with van der Waals surface area (Å²) in [5.41, 5.74) is 9.38. The molecule has 0 aliphatic heterocycles. The zero-order valence-corrected chi connectivity index (χ0v) is 14.1. The number of hydrogen-bond acceptors (Lipinski definition) is 5. The number of anilines is 3. The van der Waals surface area contributed by atoms with Crippen molar-refractivity contribution in [2.75, 3.05) is 11.1 Å². The molecule has 0 spiro atoms. The average Bonchev–Trinajstić information content (AvgIpc) is 2.68. The molecule has 128 valence electrons. The second-order valence-corrected chi connectivity index (χ2v) is 5.92. The zero-order valence-electron chi connectivity index (χ0n) is 14.1. The summed E-state index contributed by atoms with van der Waals surface area (Å²) in [6.07, 6.45) is 1.53. The molecule has 26 heavy (non-hydrogen) atoms. The van der Waals surface area contributed by atoms with Crippen LogP contribution in [0.15, 0.2) is 79.1 Å². The van der Waals surface area contributed by atoms with Crippen LogP contribution in [-0.2, 0) is 6.61 Å². The lowest BCUT2D eigenvalue weighted by Gasteiger charge is -2.10. The quantitative estimate of drug-likeness (QED) is 0.521. The molecule has 5 heteroatoms. The molecule has 0 aliphatic carbocycles. The first-order valence-electron chi connectivity index (χ1n) is 8.32. The monoisotopic (exact) mass is 342 g/mol. The lowest BCUT2D eigenvalue weighted by atomic mass is 10.2. The van der Waals surface area contributed by atoms with Gasteiger partial charge in [-0.15, -0.1) is 0 Å². The lowest BCUT2D eigenvalue weighted by molar-refractivity contribution is 0.306. The Morgan fingerprint density at radius 1 is 0.885 bits per heavy atom. The van der Waals surface area contributed by atoms with Crippen LogP contribution in [-0.4, -0.2) is 9.97 Å². The van der Waals surface area contributed by atoms with E-state index in [1.54, 1.807) is 0 Å². The van der Waals surface area contributed by atoms with Crippen molar-refractivity contribution in [1.29, 1.82) is 0 Å². The van der Waals surface area contributed by atoms with Crippen LogP contribution >= 0.6 is 0 Å². The van der Waals surface area contributed by atoms with Crippen LogP contribution < -0.4 is 15.8 Å². The van der Waals surface area contributed by atoms with Gasteiger partial charge in [0.1, 0.15) is 24.5 Å². The molecule has 0 aliphatic rings. The molecule has 3 N–H and O–H groups in total. The molecule has 1 heterocycles. The van der Waals surface area contributed by atoms with Crippen LogP contribution in [0.2, 0.25) is 0 Å². The van der Waals surface area contributed by atoms with Gasteiger partial charge in [-0.05, 0) is 48.0 Å². The number of nitrogens with one attached hydrogen (secondary N) is 1. The molecule has 4 rings (SSSR count). The Morgan fingerprint density at radius 2 is 1.69 bits per heavy atom. The van der Waals surface area contributed by atoms with Crippen LogP contribution in [0.4, 0.5) is 17.2 Å². The smallest absolute Gasteiger partial charge is 0.141 e. The van der Waals surface area contributed by atoms with E-state index in [9.17, 15) is 0 Å². The van der Waals surface area contributed by atoms with Crippen LogP contribution in [0, 0.1) is 0 Å². The Labute approximate surface area is 151 Å². The van der Waals surface area contributed by atoms with Crippen LogP contribution in [0.5, 0.6) is 5.75 Å². The normalized spacial score (nSPS) is 10.6. The van der Waals surface area contributed by atoms with Crippen molar-refractivity contribution in [3.8, 4) is 5.75 Å². The topological polar surface area (TPSA) is 73.1 Å². The fraction of sp³-hybridized carbons (Fsp3) is 0.0476. The number of nitrogen functional groups attached to an aromatic ring is 1. The molecule has 4 aromatic rings. The summed E-state index contributed by atoms with van der Waals surface area (Å²) in [6.45, 7) is 0.547. The van der Waals surface area contributed by atoms with Crippen molar-refractivity contribution in [3.05, 3.63) is 84.7 Å². The van der Waals surface area contributed by atoms with Gasteiger partial charge in [-0.25, -0.2) is 9.97 Å². The first kappa shape index (κ1) is 15.9. The van der Waals surface area contributed by atoms with E-state index in [1.165, 1.54) is 6.33 Å². The van der Waals surface area contributed by atoms with E-state index < -0.39 is 0 Å². The van der Waals surface area contributed by atoms with E-state index in [0.717, 1.165) is 33.7 Å². The summed E-state index contributed by atoms with van der Waals surface area (Å²) < 4.78 is 5.81. The average molecular weight is 342 g/mol. The van der Waals surface area contributed by atoms with Gasteiger partial charge in [0, 0.05) is 16.8 Å². The molecule has 5 nitrogen and oxygen atoms in total. The van der Waals surface area contributed by atoms with E-state index in [4.69, 9.17) is 10.5 Å². The lowest BCUT2D eigenvalue weighted by Crippen LogP contribution is -1.98. The number of hydrogen-bond donors (Lipinski definition) is 2. The first-order chi connectivity index (χ1) is 12.8. The summed E-state index contributed by atoms with van der Waals surface area (Å²) in [7, 11) is 0. The summed E-state index contributed by atoms with van der Waals surface area (Å²) in [5, 5.41) is 4.24. The Kier molecular flexibility index (Phi) is 4.35. The highest BCUT2D eigenvalue weighted by Gasteiger charge is 2.05. The van der Waals surface area contributed by atoms with Crippen molar-refractivity contribution in [1.82, 2.24) is 9.97 Å². The molecule has 0 saturated heterocycles. The van der Waals surface area contributed by atoms with Gasteiger partial charge in [-0.3, -0.25) is 0 Å². The number of nitrogens with zero attached hydrogens (tertiary/aromatic N) is 2. The van der Waals surface area contributed by atoms with Gasteiger partial charge in [0.05, 0.1) is 5.52 Å². The van der Waals surface area contributed by atoms with E-state index in [0.29, 0.717) is 12.3 Å². The molecule has 0 radical (unpaired) electrons. The number of ether oxygens (including phenoxy) is 1. The second-order valence-electron chi connectivity index (χ2n) is 5.92. The minimum atomic E-state index is 0.547. The number of rotatable bonds is 5. The van der Waals surface area contributed by atoms with Gasteiger partial charge in [-0.1, -0.05) is 30.3 Å². The molecule has 0 bridgehead atoms. The maximum Gasteiger partial charge on any atom is 0.141 e. The summed E-state index contributed by atoms with van der Waals surface area (Å²) in [4.78, 5) is 8.60. The Bertz CT molecular complexity index is 1020. The minimum absolute atomic E-state index is 0.547. The SMILES string of the molecule is Nc1ccc2c(Nc3ccc(OCc4ccccc4)cc3)ncnc2c1. The standard InChI is InChI=1S/C21H18N4O/c22-16-6-11-19-20(12-16)23-14-24-21(19)25-17-7-9-18(10-8-17)26-13-15-4-2-1-3-5-15/h1-12,14H,13,22H2,(H,23,24,25). The number of aromatic nitrogens is 2. The molecular weight excluding hydrogens is 324 g/mol. The third-order valence-electron chi connectivity index (χ3n) is 4.03. The van der Waals surface area contributed by atoms with Crippen molar-refractivity contribution < 1.29 is 4.74 Å². The van der Waals surface area contributed by atoms with Crippen LogP contribution in [0.1, 0.15) is 5.56 Å². The van der Waals surface area contributed by atoms with Crippen LogP contribution in [0.25, 0.3) is 10.9 Å². The minimum Gasteiger partial charge on any atom is -0.489 e. The van der Waals surface area contributed by atoms with Crippen molar-refractivity contribution >= 4 is 28.1 Å². The molecule has 0 fully saturated rings. The summed E-state index contributed by atoms with van der Waals surface area (Å²) >= 11 is 0. The molecule has 1 aromatic heterocycles. The first-order valence-corrected chi connectivity index (χ1v) is 8.32. The third kappa shape index (κ3) is 3.57. The highest BCUT2D eigenvalue weighted by Crippen LogP contribution is 2.25. The molecule has 3 aromatic carbocycles. The molecule has 0 unspecified atom stereocenters. The Morgan fingerprint density at radius 3 is 2.50 bits per heavy atom. The number of nitrogens with two attached hydrogens (primary N) is 1. The van der Waals surface area contributed by atoms with Gasteiger partial charge < -0.3 is 15.8 Å². The van der Waals surface area contributed by atoms with Gasteiger partial charge in [0.25, 0.3) is 0 Å². The molecular formula is C21H18N4O. The van der Waals surface area contributed by atoms with Crippen molar-refractivity contribution in [3.63, 3.8) is 0 Å². The van der Waals surface area contributed by atoms with Crippen LogP contribution in [0.3, 0.4) is 0 Å². The van der Waals surface area contributed by atoms with Gasteiger partial charge in [0.2, 0.25) is 0 Å². The Balaban J connectivity index is 1.48. The van der Waals surface area contributed by atoms with Crippen molar-refractivity contribution in [2.45, 2.75) is 6.61 Å². The maximum atomic E-state index is 5.82. The molecule has 0 saturated carbocycles. The maximum absolute atomic E-state index is 5.82. The van der Waals surface area contributed by atoms with Gasteiger partial charge >= 0.3 is 0 Å². The summed E-state index contributed by atoms with van der Waals surface area (Å²) in [6, 6.07) is 23.5. The molecule has 0 amide bonds. The highest BCUT2D eigenvalue weighted by molar-refractivity contribution is 5.92. The van der Waals surface area contributed by atoms with Gasteiger partial charge in [-0.2, -0.15) is 0 Å². The number of fused-ring (bicyclic) bond motifs is 1. The van der Waals surface area contributed by atoms with E-state index in [2.05, 4.69) is 15.3 Å². The predicted molar refractivity (Wildman–Crippen MR) is 104 cm³/mol. The van der Waals surface area contributed by atoms with Gasteiger partial charge in [0.15, 0.2) is 0 Å². The fourth-order valence-electron chi connectivity index (χ4n) is 2.69. The van der Waals surface area contributed by atoms with E-state index in [1.807, 2.05) is 72.8 Å². The summed E-state index contributed by atoms with van der Waals surface area (Å²) in [5.74, 6) is 1.56. The predicted octanol–water partition coefficient (Wildman–Crippen LogP) is 4.53. The number of benzene rings is 3. The van der Waals surface area contributed by atoms with Crippen molar-refractivity contribution in [2.24, 2.45) is 0 Å². The highest BCUT2D eigenvalue weighted by atomic mass is 16.5. The fourth-order valence-corrected chi connectivity index (χ4v) is 2.69. The van der Waals surface area contributed by atoms with E-state index >= 15 is 0 Å². The zero-order chi connectivity index (χ0) is 17.8. The third-order valence-corrected chi connectivity index (χ3v) is 4.03. The van der Waals surface area contributed by atoms with E-state index in [-0.39, 0.29) is 0 Å².